The van der Waals surface area contributed by atoms with Crippen LogP contribution in [0.3, 0.4) is 0 Å². The first-order valence-corrected chi connectivity index (χ1v) is 4.99. The summed E-state index contributed by atoms with van der Waals surface area (Å²) < 4.78 is 10.0. The van der Waals surface area contributed by atoms with Crippen molar-refractivity contribution < 1.29 is 19.4 Å². The number of esters is 1. The Morgan fingerprint density at radius 3 is 2.80 bits per heavy atom. The number of carbonyl (C=O) groups excluding carboxylic acids is 1. The van der Waals surface area contributed by atoms with Gasteiger partial charge in [-0.1, -0.05) is 0 Å². The molecule has 0 amide bonds. The van der Waals surface area contributed by atoms with Gasteiger partial charge in [0.2, 0.25) is 0 Å². The maximum Gasteiger partial charge on any atom is 0.333 e. The number of ether oxygens (including phenoxy) is 2. The number of rotatable bonds is 5. The Morgan fingerprint density at radius 1 is 1.47 bits per heavy atom. The summed E-state index contributed by atoms with van der Waals surface area (Å²) in [4.78, 5) is 11.1. The van der Waals surface area contributed by atoms with Crippen LogP contribution in [0.5, 0.6) is 0 Å². The highest BCUT2D eigenvalue weighted by atomic mass is 16.5. The van der Waals surface area contributed by atoms with E-state index in [1.54, 1.807) is 12.2 Å². The van der Waals surface area contributed by atoms with Crippen LogP contribution in [0.15, 0.2) is 23.5 Å². The summed E-state index contributed by atoms with van der Waals surface area (Å²) in [5.41, 5.74) is 0.673. The summed E-state index contributed by atoms with van der Waals surface area (Å²) in [5, 5.41) is 8.57. The smallest absolute Gasteiger partial charge is 0.333 e. The van der Waals surface area contributed by atoms with Crippen LogP contribution in [-0.4, -0.2) is 31.4 Å². The molecule has 0 aromatic heterocycles. The second kappa shape index (κ2) is 6.24. The van der Waals surface area contributed by atoms with Crippen molar-refractivity contribution >= 4 is 5.97 Å². The van der Waals surface area contributed by atoms with Gasteiger partial charge in [-0.15, -0.1) is 0 Å². The van der Waals surface area contributed by atoms with E-state index in [0.717, 1.165) is 5.76 Å². The molecule has 1 aliphatic carbocycles. The standard InChI is InChI=1S/C11H16O4/c1-14-11(13)9-3-5-10(6-4-9)15-8-2-7-12/h3,5,12H,2,4,6-8H2,1H3. The maximum absolute atomic E-state index is 11.1. The Labute approximate surface area is 89.2 Å². The van der Waals surface area contributed by atoms with Crippen LogP contribution in [0.4, 0.5) is 0 Å². The number of allylic oxidation sites excluding steroid dienone is 3. The summed E-state index contributed by atoms with van der Waals surface area (Å²) in [7, 11) is 1.38. The molecule has 1 N–H and O–H groups in total. The highest BCUT2D eigenvalue weighted by Crippen LogP contribution is 2.19. The Hall–Kier alpha value is -1.29. The molecular formula is C11H16O4. The van der Waals surface area contributed by atoms with Crippen LogP contribution in [0.1, 0.15) is 19.3 Å². The van der Waals surface area contributed by atoms with E-state index in [1.807, 2.05) is 0 Å². The first kappa shape index (κ1) is 11.8. The Kier molecular flexibility index (Phi) is 4.90. The molecular weight excluding hydrogens is 196 g/mol. The second-order valence-electron chi connectivity index (χ2n) is 3.24. The van der Waals surface area contributed by atoms with Crippen molar-refractivity contribution in [3.05, 3.63) is 23.5 Å². The molecule has 0 radical (unpaired) electrons. The van der Waals surface area contributed by atoms with Gasteiger partial charge in [-0.3, -0.25) is 0 Å². The van der Waals surface area contributed by atoms with Crippen LogP contribution in [-0.2, 0) is 14.3 Å². The first-order valence-electron chi connectivity index (χ1n) is 4.99. The van der Waals surface area contributed by atoms with Crippen LogP contribution >= 0.6 is 0 Å². The lowest BCUT2D eigenvalue weighted by molar-refractivity contribution is -0.136. The molecule has 0 heterocycles. The van der Waals surface area contributed by atoms with Crippen molar-refractivity contribution in [3.8, 4) is 0 Å². The summed E-state index contributed by atoms with van der Waals surface area (Å²) >= 11 is 0. The fraction of sp³-hybridized carbons (Fsp3) is 0.545. The van der Waals surface area contributed by atoms with Crippen molar-refractivity contribution in [2.24, 2.45) is 0 Å². The average Bonchev–Trinajstić information content (AvgIpc) is 2.29. The minimum atomic E-state index is -0.277. The first-order chi connectivity index (χ1) is 7.27. The zero-order valence-corrected chi connectivity index (χ0v) is 8.86. The highest BCUT2D eigenvalue weighted by molar-refractivity contribution is 5.88. The van der Waals surface area contributed by atoms with Gasteiger partial charge in [0.05, 0.1) is 19.5 Å². The third kappa shape index (κ3) is 3.75. The monoisotopic (exact) mass is 212 g/mol. The molecule has 0 unspecified atom stereocenters. The van der Waals surface area contributed by atoms with E-state index in [2.05, 4.69) is 4.74 Å². The second-order valence-corrected chi connectivity index (χ2v) is 3.24. The van der Waals surface area contributed by atoms with Gasteiger partial charge < -0.3 is 14.6 Å². The lowest BCUT2D eigenvalue weighted by atomic mass is 10.0. The summed E-state index contributed by atoms with van der Waals surface area (Å²) in [6, 6.07) is 0. The van der Waals surface area contributed by atoms with Crippen molar-refractivity contribution in [3.63, 3.8) is 0 Å². The van der Waals surface area contributed by atoms with Crippen LogP contribution in [0.2, 0.25) is 0 Å². The topological polar surface area (TPSA) is 55.8 Å². The summed E-state index contributed by atoms with van der Waals surface area (Å²) in [6.07, 6.45) is 5.51. The van der Waals surface area contributed by atoms with Crippen molar-refractivity contribution in [1.82, 2.24) is 0 Å². The van der Waals surface area contributed by atoms with Crippen LogP contribution in [0.25, 0.3) is 0 Å². The zero-order valence-electron chi connectivity index (χ0n) is 8.86. The Morgan fingerprint density at radius 2 is 2.27 bits per heavy atom. The van der Waals surface area contributed by atoms with E-state index in [0.29, 0.717) is 31.4 Å². The average molecular weight is 212 g/mol. The van der Waals surface area contributed by atoms with E-state index >= 15 is 0 Å². The van der Waals surface area contributed by atoms with Crippen molar-refractivity contribution in [2.75, 3.05) is 20.3 Å². The summed E-state index contributed by atoms with van der Waals surface area (Å²) in [5.74, 6) is 0.580. The number of aliphatic hydroxyl groups excluding tert-OH is 1. The van der Waals surface area contributed by atoms with E-state index in [-0.39, 0.29) is 12.6 Å². The normalized spacial score (nSPS) is 15.3. The van der Waals surface area contributed by atoms with Gasteiger partial charge >= 0.3 is 5.97 Å². The summed E-state index contributed by atoms with van der Waals surface area (Å²) in [6.45, 7) is 0.653. The van der Waals surface area contributed by atoms with E-state index in [4.69, 9.17) is 9.84 Å². The fourth-order valence-corrected chi connectivity index (χ4v) is 1.31. The minimum Gasteiger partial charge on any atom is -0.498 e. The SMILES string of the molecule is COC(=O)C1=CC=C(OCCCO)CC1. The van der Waals surface area contributed by atoms with Gasteiger partial charge in [0.15, 0.2) is 0 Å². The van der Waals surface area contributed by atoms with Crippen molar-refractivity contribution in [2.45, 2.75) is 19.3 Å². The fourth-order valence-electron chi connectivity index (χ4n) is 1.31. The van der Waals surface area contributed by atoms with Crippen LogP contribution < -0.4 is 0 Å². The molecule has 0 fully saturated rings. The molecule has 0 bridgehead atoms. The number of hydrogen-bond donors (Lipinski definition) is 1. The zero-order chi connectivity index (χ0) is 11.1. The number of carbonyl (C=O) groups is 1. The quantitative estimate of drug-likeness (QED) is 0.549. The molecule has 0 spiro atoms. The van der Waals surface area contributed by atoms with Gasteiger partial charge in [-0.25, -0.2) is 4.79 Å². The van der Waals surface area contributed by atoms with E-state index < -0.39 is 0 Å². The number of aliphatic hydroxyl groups is 1. The van der Waals surface area contributed by atoms with Gasteiger partial charge in [0, 0.05) is 25.0 Å². The maximum atomic E-state index is 11.1. The molecule has 0 saturated heterocycles. The molecule has 1 rings (SSSR count). The highest BCUT2D eigenvalue weighted by Gasteiger charge is 2.13. The lowest BCUT2D eigenvalue weighted by Gasteiger charge is -2.14. The number of hydrogen-bond acceptors (Lipinski definition) is 4. The molecule has 4 nitrogen and oxygen atoms in total. The van der Waals surface area contributed by atoms with Gasteiger partial charge in [0.1, 0.15) is 0 Å². The molecule has 15 heavy (non-hydrogen) atoms. The Balaban J connectivity index is 2.42. The molecule has 84 valence electrons. The van der Waals surface area contributed by atoms with Gasteiger partial charge in [0.25, 0.3) is 0 Å². The molecule has 0 aromatic carbocycles. The molecule has 1 aliphatic rings. The van der Waals surface area contributed by atoms with Crippen LogP contribution in [0, 0.1) is 0 Å². The lowest BCUT2D eigenvalue weighted by Crippen LogP contribution is -2.08. The van der Waals surface area contributed by atoms with Crippen molar-refractivity contribution in [1.29, 1.82) is 0 Å². The third-order valence-electron chi connectivity index (χ3n) is 2.15. The third-order valence-corrected chi connectivity index (χ3v) is 2.15. The molecule has 0 atom stereocenters. The molecule has 0 aromatic rings. The largest absolute Gasteiger partial charge is 0.498 e. The predicted molar refractivity (Wildman–Crippen MR) is 55.1 cm³/mol. The van der Waals surface area contributed by atoms with E-state index in [1.165, 1.54) is 7.11 Å². The minimum absolute atomic E-state index is 0.135. The predicted octanol–water partition coefficient (Wildman–Crippen LogP) is 1.16. The van der Waals surface area contributed by atoms with Gasteiger partial charge in [-0.2, -0.15) is 0 Å². The molecule has 0 saturated carbocycles. The Bertz CT molecular complexity index is 278. The van der Waals surface area contributed by atoms with E-state index in [9.17, 15) is 4.79 Å². The van der Waals surface area contributed by atoms with Gasteiger partial charge in [-0.05, 0) is 18.6 Å². The number of methoxy groups -OCH3 is 1. The molecule has 4 heteroatoms. The molecule has 0 aliphatic heterocycles.